The van der Waals surface area contributed by atoms with Gasteiger partial charge in [0.15, 0.2) is 0 Å². The van der Waals surface area contributed by atoms with Gasteiger partial charge >= 0.3 is 0 Å². The summed E-state index contributed by atoms with van der Waals surface area (Å²) in [6, 6.07) is 8.14. The van der Waals surface area contributed by atoms with E-state index in [1.54, 1.807) is 0 Å². The van der Waals surface area contributed by atoms with Crippen LogP contribution in [0.1, 0.15) is 46.1 Å². The van der Waals surface area contributed by atoms with Crippen LogP contribution in [0, 0.1) is 0 Å². The molecule has 0 saturated heterocycles. The van der Waals surface area contributed by atoms with Gasteiger partial charge in [-0.2, -0.15) is 0 Å². The molecule has 0 aliphatic carbocycles. The molecule has 1 aromatic carbocycles. The predicted octanol–water partition coefficient (Wildman–Crippen LogP) is 2.65. The molecule has 0 aromatic heterocycles. The second kappa shape index (κ2) is 8.03. The maximum absolute atomic E-state index is 11.6. The first-order valence-electron chi connectivity index (χ1n) is 7.71. The number of nitrogens with two attached hydrogens (primary N) is 1. The molecule has 0 spiro atoms. The van der Waals surface area contributed by atoms with Gasteiger partial charge in [0.1, 0.15) is 5.75 Å². The van der Waals surface area contributed by atoms with Crippen LogP contribution in [0.15, 0.2) is 24.3 Å². The zero-order valence-corrected chi connectivity index (χ0v) is 13.6. The Labute approximate surface area is 128 Å². The molecule has 1 rings (SSSR count). The minimum Gasteiger partial charge on any atom is -0.491 e. The van der Waals surface area contributed by atoms with Crippen molar-refractivity contribution in [2.75, 3.05) is 6.54 Å². The van der Waals surface area contributed by atoms with E-state index in [9.17, 15) is 4.79 Å². The molecule has 4 nitrogen and oxygen atoms in total. The first kappa shape index (κ1) is 17.5. The second-order valence-corrected chi connectivity index (χ2v) is 5.75. The predicted molar refractivity (Wildman–Crippen MR) is 86.4 cm³/mol. The zero-order chi connectivity index (χ0) is 15.9. The van der Waals surface area contributed by atoms with Gasteiger partial charge in [-0.1, -0.05) is 32.4 Å². The highest BCUT2D eigenvalue weighted by Crippen LogP contribution is 2.19. The Kier molecular flexibility index (Phi) is 6.69. The van der Waals surface area contributed by atoms with Gasteiger partial charge in [-0.05, 0) is 44.5 Å². The molecular formula is C17H28N2O2. The van der Waals surface area contributed by atoms with Crippen molar-refractivity contribution in [1.82, 2.24) is 5.32 Å². The summed E-state index contributed by atoms with van der Waals surface area (Å²) in [5, 5.41) is 3.15. The number of rotatable bonds is 9. The van der Waals surface area contributed by atoms with Crippen LogP contribution in [0.25, 0.3) is 0 Å². The smallest absolute Gasteiger partial charge is 0.237 e. The van der Waals surface area contributed by atoms with E-state index in [4.69, 9.17) is 10.5 Å². The van der Waals surface area contributed by atoms with E-state index >= 15 is 0 Å². The van der Waals surface area contributed by atoms with Crippen molar-refractivity contribution in [2.24, 2.45) is 5.73 Å². The van der Waals surface area contributed by atoms with Crippen molar-refractivity contribution in [3.05, 3.63) is 29.8 Å². The number of amides is 1. The van der Waals surface area contributed by atoms with Crippen LogP contribution >= 0.6 is 0 Å². The number of hydrogen-bond donors (Lipinski definition) is 2. The Bertz CT molecular complexity index is 445. The van der Waals surface area contributed by atoms with Gasteiger partial charge in [0.25, 0.3) is 0 Å². The number of carbonyl (C=O) groups is 1. The van der Waals surface area contributed by atoms with Gasteiger partial charge in [-0.3, -0.25) is 4.79 Å². The molecule has 2 unspecified atom stereocenters. The van der Waals surface area contributed by atoms with Crippen molar-refractivity contribution in [3.8, 4) is 5.75 Å². The van der Waals surface area contributed by atoms with Crippen LogP contribution in [-0.2, 0) is 11.2 Å². The molecule has 3 N–H and O–H groups in total. The molecule has 4 heteroatoms. The van der Waals surface area contributed by atoms with E-state index < -0.39 is 5.54 Å². The number of carbonyl (C=O) groups excluding carboxylic acids is 1. The molecule has 1 aromatic rings. The topological polar surface area (TPSA) is 64.3 Å². The molecule has 1 amide bonds. The van der Waals surface area contributed by atoms with Gasteiger partial charge < -0.3 is 15.8 Å². The molecule has 21 heavy (non-hydrogen) atoms. The van der Waals surface area contributed by atoms with Gasteiger partial charge in [0.2, 0.25) is 5.91 Å². The lowest BCUT2D eigenvalue weighted by atomic mass is 9.94. The Morgan fingerprint density at radius 1 is 1.33 bits per heavy atom. The Hall–Kier alpha value is -1.55. The summed E-state index contributed by atoms with van der Waals surface area (Å²) in [6.07, 6.45) is 2.65. The van der Waals surface area contributed by atoms with E-state index in [0.717, 1.165) is 18.6 Å². The molecule has 0 heterocycles. The number of nitrogens with one attached hydrogen (secondary N) is 1. The summed E-state index contributed by atoms with van der Waals surface area (Å²) in [7, 11) is 0. The number of primary amides is 1. The largest absolute Gasteiger partial charge is 0.491 e. The quantitative estimate of drug-likeness (QED) is 0.735. The van der Waals surface area contributed by atoms with E-state index in [1.165, 1.54) is 5.56 Å². The summed E-state index contributed by atoms with van der Waals surface area (Å²) >= 11 is 0. The van der Waals surface area contributed by atoms with E-state index in [2.05, 4.69) is 24.4 Å². The Balaban J connectivity index is 2.63. The van der Waals surface area contributed by atoms with Gasteiger partial charge in [-0.15, -0.1) is 0 Å². The number of hydrogen-bond acceptors (Lipinski definition) is 3. The van der Waals surface area contributed by atoms with Crippen molar-refractivity contribution < 1.29 is 9.53 Å². The highest BCUT2D eigenvalue weighted by molar-refractivity contribution is 5.84. The first-order valence-corrected chi connectivity index (χ1v) is 7.71. The highest BCUT2D eigenvalue weighted by Gasteiger charge is 2.32. The summed E-state index contributed by atoms with van der Waals surface area (Å²) in [5.74, 6) is 0.476. The molecule has 0 aliphatic heterocycles. The minimum atomic E-state index is -0.740. The van der Waals surface area contributed by atoms with Crippen molar-refractivity contribution in [3.63, 3.8) is 0 Å². The van der Waals surface area contributed by atoms with Crippen molar-refractivity contribution >= 4 is 5.91 Å². The zero-order valence-electron chi connectivity index (χ0n) is 13.6. The number of aryl methyl sites for hydroxylation is 1. The molecule has 118 valence electrons. The van der Waals surface area contributed by atoms with Crippen LogP contribution in [0.4, 0.5) is 0 Å². The summed E-state index contributed by atoms with van der Waals surface area (Å²) in [5.41, 5.74) is 6.07. The summed E-state index contributed by atoms with van der Waals surface area (Å²) in [4.78, 5) is 11.6. The normalized spacial score (nSPS) is 15.2. The van der Waals surface area contributed by atoms with E-state index in [0.29, 0.717) is 13.0 Å². The first-order chi connectivity index (χ1) is 9.91. The summed E-state index contributed by atoms with van der Waals surface area (Å²) in [6.45, 7) is 8.59. The molecule has 0 radical (unpaired) electrons. The lowest BCUT2D eigenvalue weighted by Crippen LogP contribution is -2.55. The van der Waals surface area contributed by atoms with E-state index in [-0.39, 0.29) is 12.0 Å². The Morgan fingerprint density at radius 2 is 1.95 bits per heavy atom. The SMILES string of the molecule is CCCc1ccc(OC(C)CC(C)(NCC)C(N)=O)cc1. The number of ether oxygens (including phenoxy) is 1. The van der Waals surface area contributed by atoms with Crippen LogP contribution in [0.3, 0.4) is 0 Å². The fourth-order valence-electron chi connectivity index (χ4n) is 2.52. The fraction of sp³-hybridized carbons (Fsp3) is 0.588. The van der Waals surface area contributed by atoms with Crippen molar-refractivity contribution in [2.45, 2.75) is 58.6 Å². The second-order valence-electron chi connectivity index (χ2n) is 5.75. The monoisotopic (exact) mass is 292 g/mol. The molecule has 0 bridgehead atoms. The molecular weight excluding hydrogens is 264 g/mol. The number of likely N-dealkylation sites (N-methyl/N-ethyl adjacent to an activating group) is 1. The third-order valence-electron chi connectivity index (χ3n) is 3.61. The molecule has 2 atom stereocenters. The van der Waals surface area contributed by atoms with Crippen LogP contribution in [0.2, 0.25) is 0 Å². The van der Waals surface area contributed by atoms with Crippen LogP contribution in [0.5, 0.6) is 5.75 Å². The average Bonchev–Trinajstić information content (AvgIpc) is 2.41. The van der Waals surface area contributed by atoms with Gasteiger partial charge in [0.05, 0.1) is 11.6 Å². The van der Waals surface area contributed by atoms with Gasteiger partial charge in [-0.25, -0.2) is 0 Å². The average molecular weight is 292 g/mol. The maximum Gasteiger partial charge on any atom is 0.237 e. The maximum atomic E-state index is 11.6. The minimum absolute atomic E-state index is 0.0985. The van der Waals surface area contributed by atoms with Crippen molar-refractivity contribution in [1.29, 1.82) is 0 Å². The molecule has 0 aliphatic rings. The fourth-order valence-corrected chi connectivity index (χ4v) is 2.52. The summed E-state index contributed by atoms with van der Waals surface area (Å²) < 4.78 is 5.89. The highest BCUT2D eigenvalue weighted by atomic mass is 16.5. The molecule has 0 saturated carbocycles. The van der Waals surface area contributed by atoms with Gasteiger partial charge in [0, 0.05) is 6.42 Å². The standard InChI is InChI=1S/C17H28N2O2/c1-5-7-14-8-10-15(11-9-14)21-13(3)12-17(4,16(18)20)19-6-2/h8-11,13,19H,5-7,12H2,1-4H3,(H2,18,20). The lowest BCUT2D eigenvalue weighted by molar-refractivity contribution is -0.124. The van der Waals surface area contributed by atoms with E-state index in [1.807, 2.05) is 32.9 Å². The Morgan fingerprint density at radius 3 is 2.43 bits per heavy atom. The third-order valence-corrected chi connectivity index (χ3v) is 3.61. The van der Waals surface area contributed by atoms with Crippen LogP contribution in [-0.4, -0.2) is 24.1 Å². The lowest BCUT2D eigenvalue weighted by Gasteiger charge is -2.30. The van der Waals surface area contributed by atoms with Crippen LogP contribution < -0.4 is 15.8 Å². The number of benzene rings is 1. The molecule has 0 fully saturated rings. The third kappa shape index (κ3) is 5.38.